The van der Waals surface area contributed by atoms with Gasteiger partial charge in [0.25, 0.3) is 0 Å². The Morgan fingerprint density at radius 2 is 1.11 bits per heavy atom. The average molecular weight is 234 g/mol. The largest absolute Gasteiger partial charge is 0.257 e. The minimum Gasteiger partial charge on any atom is -0.257 e. The Kier molecular flexibility index (Phi) is 4.64. The minimum atomic E-state index is 0.954. The van der Waals surface area contributed by atoms with E-state index in [1.165, 1.54) is 0 Å². The molecule has 0 N–H and O–H groups in total. The fraction of sp³-hybridized carbons (Fsp3) is 0. The van der Waals surface area contributed by atoms with Crippen LogP contribution in [0.1, 0.15) is 11.4 Å². The van der Waals surface area contributed by atoms with Crippen molar-refractivity contribution in [2.45, 2.75) is 0 Å². The van der Waals surface area contributed by atoms with Gasteiger partial charge in [0.15, 0.2) is 0 Å². The highest BCUT2D eigenvalue weighted by Gasteiger charge is 1.82. The molecular weight excluding hydrogens is 220 g/mol. The quantitative estimate of drug-likeness (QED) is 0.753. The Bertz CT molecular complexity index is 488. The molecule has 2 heterocycles. The summed E-state index contributed by atoms with van der Waals surface area (Å²) in [6.45, 7) is 0. The van der Waals surface area contributed by atoms with Crippen molar-refractivity contribution in [3.8, 4) is 0 Å². The molecule has 0 aliphatic rings. The third kappa shape index (κ3) is 4.18. The first-order valence-corrected chi connectivity index (χ1v) is 5.78. The lowest BCUT2D eigenvalue weighted by Crippen LogP contribution is -1.75. The van der Waals surface area contributed by atoms with Crippen molar-refractivity contribution in [1.82, 2.24) is 9.97 Å². The van der Waals surface area contributed by atoms with E-state index < -0.39 is 0 Å². The zero-order valence-corrected chi connectivity index (χ0v) is 9.98. The molecule has 0 saturated carbocycles. The predicted octanol–water partition coefficient (Wildman–Crippen LogP) is 3.76. The summed E-state index contributed by atoms with van der Waals surface area (Å²) in [6, 6.07) is 11.7. The topological polar surface area (TPSA) is 25.8 Å². The van der Waals surface area contributed by atoms with Gasteiger partial charge < -0.3 is 0 Å². The highest BCUT2D eigenvalue weighted by molar-refractivity contribution is 5.49. The van der Waals surface area contributed by atoms with Gasteiger partial charge in [-0.25, -0.2) is 0 Å². The first-order valence-electron chi connectivity index (χ1n) is 5.78. The molecule has 0 spiro atoms. The van der Waals surface area contributed by atoms with Crippen LogP contribution in [0.15, 0.2) is 73.1 Å². The summed E-state index contributed by atoms with van der Waals surface area (Å²) in [5.74, 6) is 0. The van der Waals surface area contributed by atoms with Crippen molar-refractivity contribution in [1.29, 1.82) is 0 Å². The minimum absolute atomic E-state index is 0.954. The molecular formula is C16H14N2. The molecule has 2 aromatic heterocycles. The maximum absolute atomic E-state index is 4.20. The van der Waals surface area contributed by atoms with Gasteiger partial charge in [0.05, 0.1) is 11.4 Å². The van der Waals surface area contributed by atoms with Crippen molar-refractivity contribution < 1.29 is 0 Å². The number of pyridine rings is 2. The smallest absolute Gasteiger partial charge is 0.0629 e. The van der Waals surface area contributed by atoms with Crippen LogP contribution >= 0.6 is 0 Å². The van der Waals surface area contributed by atoms with Crippen LogP contribution in [0, 0.1) is 0 Å². The highest BCUT2D eigenvalue weighted by Crippen LogP contribution is 1.98. The Hall–Kier alpha value is -2.48. The highest BCUT2D eigenvalue weighted by atomic mass is 14.7. The summed E-state index contributed by atoms with van der Waals surface area (Å²) in [4.78, 5) is 8.39. The van der Waals surface area contributed by atoms with Crippen LogP contribution in [0.4, 0.5) is 0 Å². The van der Waals surface area contributed by atoms with E-state index in [1.807, 2.05) is 72.9 Å². The first kappa shape index (κ1) is 12.0. The van der Waals surface area contributed by atoms with Gasteiger partial charge in [-0.3, -0.25) is 9.97 Å². The number of hydrogen-bond acceptors (Lipinski definition) is 2. The van der Waals surface area contributed by atoms with Crippen LogP contribution in [0.3, 0.4) is 0 Å². The first-order chi connectivity index (χ1) is 8.95. The number of rotatable bonds is 4. The zero-order chi connectivity index (χ0) is 12.5. The molecule has 0 aromatic carbocycles. The number of nitrogens with zero attached hydrogens (tertiary/aromatic N) is 2. The monoisotopic (exact) mass is 234 g/mol. The molecule has 2 rings (SSSR count). The third-order valence-corrected chi connectivity index (χ3v) is 2.24. The molecule has 18 heavy (non-hydrogen) atoms. The Labute approximate surface area is 107 Å². The van der Waals surface area contributed by atoms with Gasteiger partial charge in [0, 0.05) is 12.4 Å². The van der Waals surface area contributed by atoms with Gasteiger partial charge in [-0.1, -0.05) is 36.4 Å². The molecule has 0 fully saturated rings. The Morgan fingerprint density at radius 3 is 1.50 bits per heavy atom. The van der Waals surface area contributed by atoms with Gasteiger partial charge in [0.2, 0.25) is 0 Å². The molecule has 2 heteroatoms. The molecule has 0 amide bonds. The molecule has 88 valence electrons. The van der Waals surface area contributed by atoms with E-state index in [4.69, 9.17) is 0 Å². The van der Waals surface area contributed by atoms with Gasteiger partial charge in [-0.15, -0.1) is 0 Å². The molecule has 0 saturated heterocycles. The standard InChI is InChI=1S/C16H14N2/c1(3-9-15-11-5-7-13-17-15)2-4-10-16-12-6-8-14-18-16/h1-14H/b2-1+,9-3-,10-4+. The second kappa shape index (κ2) is 6.97. The summed E-state index contributed by atoms with van der Waals surface area (Å²) in [5, 5.41) is 0. The normalized spacial score (nSPS) is 11.8. The van der Waals surface area contributed by atoms with Gasteiger partial charge in [-0.2, -0.15) is 0 Å². The van der Waals surface area contributed by atoms with E-state index in [9.17, 15) is 0 Å². The van der Waals surface area contributed by atoms with Crippen LogP contribution in [0.2, 0.25) is 0 Å². The number of allylic oxidation sites excluding steroid dienone is 4. The van der Waals surface area contributed by atoms with E-state index in [1.54, 1.807) is 12.4 Å². The second-order valence-corrected chi connectivity index (χ2v) is 3.61. The maximum atomic E-state index is 4.20. The summed E-state index contributed by atoms with van der Waals surface area (Å²) < 4.78 is 0. The number of hydrogen-bond donors (Lipinski definition) is 0. The van der Waals surface area contributed by atoms with Crippen LogP contribution in [0.25, 0.3) is 12.2 Å². The van der Waals surface area contributed by atoms with Crippen molar-refractivity contribution in [3.63, 3.8) is 0 Å². The van der Waals surface area contributed by atoms with Gasteiger partial charge in [0.1, 0.15) is 0 Å². The van der Waals surface area contributed by atoms with Crippen LogP contribution in [0.5, 0.6) is 0 Å². The fourth-order valence-electron chi connectivity index (χ4n) is 1.39. The van der Waals surface area contributed by atoms with E-state index in [-0.39, 0.29) is 0 Å². The fourth-order valence-corrected chi connectivity index (χ4v) is 1.39. The van der Waals surface area contributed by atoms with Gasteiger partial charge in [-0.05, 0) is 36.4 Å². The summed E-state index contributed by atoms with van der Waals surface area (Å²) in [7, 11) is 0. The van der Waals surface area contributed by atoms with E-state index >= 15 is 0 Å². The summed E-state index contributed by atoms with van der Waals surface area (Å²) >= 11 is 0. The van der Waals surface area contributed by atoms with E-state index in [2.05, 4.69) is 9.97 Å². The lowest BCUT2D eigenvalue weighted by molar-refractivity contribution is 1.30. The Morgan fingerprint density at radius 1 is 0.611 bits per heavy atom. The van der Waals surface area contributed by atoms with Gasteiger partial charge >= 0.3 is 0 Å². The SMILES string of the molecule is C(=C/c1ccccn1)/C=C/C=C/c1ccccn1. The molecule has 2 aromatic rings. The summed E-state index contributed by atoms with van der Waals surface area (Å²) in [6.07, 6.45) is 15.4. The van der Waals surface area contributed by atoms with Crippen LogP contribution in [-0.2, 0) is 0 Å². The molecule has 2 nitrogen and oxygen atoms in total. The molecule has 0 unspecified atom stereocenters. The average Bonchev–Trinajstić information content (AvgIpc) is 2.45. The van der Waals surface area contributed by atoms with Crippen LogP contribution in [-0.4, -0.2) is 9.97 Å². The summed E-state index contributed by atoms with van der Waals surface area (Å²) in [5.41, 5.74) is 1.91. The molecule has 0 aliphatic carbocycles. The van der Waals surface area contributed by atoms with Crippen molar-refractivity contribution in [2.24, 2.45) is 0 Å². The van der Waals surface area contributed by atoms with Crippen molar-refractivity contribution in [2.75, 3.05) is 0 Å². The molecule has 0 bridgehead atoms. The van der Waals surface area contributed by atoms with Crippen molar-refractivity contribution >= 4 is 12.2 Å². The third-order valence-electron chi connectivity index (χ3n) is 2.24. The zero-order valence-electron chi connectivity index (χ0n) is 9.98. The maximum Gasteiger partial charge on any atom is 0.0629 e. The lowest BCUT2D eigenvalue weighted by atomic mass is 10.3. The molecule has 0 aliphatic heterocycles. The lowest BCUT2D eigenvalue weighted by Gasteiger charge is -1.88. The molecule has 0 radical (unpaired) electrons. The Balaban J connectivity index is 1.86. The van der Waals surface area contributed by atoms with Crippen LogP contribution < -0.4 is 0 Å². The van der Waals surface area contributed by atoms with E-state index in [0.29, 0.717) is 0 Å². The van der Waals surface area contributed by atoms with E-state index in [0.717, 1.165) is 11.4 Å². The molecule has 0 atom stereocenters. The van der Waals surface area contributed by atoms with Crippen molar-refractivity contribution in [3.05, 3.63) is 84.5 Å². The second-order valence-electron chi connectivity index (χ2n) is 3.61. The number of aromatic nitrogens is 2. The predicted molar refractivity (Wildman–Crippen MR) is 75.7 cm³/mol.